The van der Waals surface area contributed by atoms with Crippen molar-refractivity contribution in [2.75, 3.05) is 32.1 Å². The van der Waals surface area contributed by atoms with Crippen molar-refractivity contribution in [2.24, 2.45) is 5.73 Å². The zero-order valence-corrected chi connectivity index (χ0v) is 11.3. The van der Waals surface area contributed by atoms with Crippen LogP contribution in [0.5, 0.6) is 0 Å². The Kier molecular flexibility index (Phi) is 5.38. The summed E-state index contributed by atoms with van der Waals surface area (Å²) < 4.78 is 0. The van der Waals surface area contributed by atoms with Gasteiger partial charge >= 0.3 is 0 Å². The fourth-order valence-electron chi connectivity index (χ4n) is 2.08. The second-order valence-electron chi connectivity index (χ2n) is 4.61. The van der Waals surface area contributed by atoms with Gasteiger partial charge in [0.05, 0.1) is 17.6 Å². The van der Waals surface area contributed by atoms with Gasteiger partial charge in [0.25, 0.3) is 0 Å². The van der Waals surface area contributed by atoms with Crippen LogP contribution in [0, 0.1) is 0 Å². The van der Waals surface area contributed by atoms with E-state index in [1.165, 1.54) is 5.69 Å². The number of rotatable bonds is 6. The Morgan fingerprint density at radius 1 is 1.35 bits per heavy atom. The molecule has 0 fully saturated rings. The van der Waals surface area contributed by atoms with Gasteiger partial charge in [0.1, 0.15) is 0 Å². The van der Waals surface area contributed by atoms with Crippen LogP contribution in [0.2, 0.25) is 0 Å². The van der Waals surface area contributed by atoms with Gasteiger partial charge in [-0.15, -0.1) is 0 Å². The largest absolute Gasteiger partial charge is 0.367 e. The Morgan fingerprint density at radius 2 is 2.06 bits per heavy atom. The smallest absolute Gasteiger partial charge is 0.0555 e. The number of nitrogens with zero attached hydrogens (tertiary/aromatic N) is 3. The lowest BCUT2D eigenvalue weighted by Crippen LogP contribution is -2.40. The molecule has 1 rings (SSSR count). The molecule has 0 saturated carbocycles. The number of hydrogen-bond donors (Lipinski definition) is 1. The average molecular weight is 236 g/mol. The van der Waals surface area contributed by atoms with Crippen LogP contribution < -0.4 is 10.6 Å². The number of anilines is 1. The Morgan fingerprint density at radius 3 is 2.47 bits per heavy atom. The normalized spacial score (nSPS) is 12.8. The molecule has 0 aliphatic rings. The number of likely N-dealkylation sites (N-methyl/N-ethyl adjacent to an activating group) is 2. The van der Waals surface area contributed by atoms with Crippen LogP contribution in [-0.2, 0) is 6.54 Å². The summed E-state index contributed by atoms with van der Waals surface area (Å²) >= 11 is 0. The van der Waals surface area contributed by atoms with E-state index in [-0.39, 0.29) is 0 Å². The van der Waals surface area contributed by atoms with E-state index in [1.54, 1.807) is 0 Å². The lowest BCUT2D eigenvalue weighted by molar-refractivity contribution is 0.373. The van der Waals surface area contributed by atoms with Crippen LogP contribution in [0.1, 0.15) is 19.5 Å². The molecule has 1 aromatic heterocycles. The maximum Gasteiger partial charge on any atom is 0.0555 e. The van der Waals surface area contributed by atoms with Gasteiger partial charge in [0.15, 0.2) is 0 Å². The molecule has 1 heterocycles. The highest BCUT2D eigenvalue weighted by atomic mass is 15.2. The molecule has 0 spiro atoms. The van der Waals surface area contributed by atoms with E-state index in [0.717, 1.165) is 18.8 Å². The second-order valence-corrected chi connectivity index (χ2v) is 4.61. The minimum absolute atomic E-state index is 0.473. The van der Waals surface area contributed by atoms with Crippen molar-refractivity contribution in [3.63, 3.8) is 0 Å². The fourth-order valence-corrected chi connectivity index (χ4v) is 2.08. The standard InChI is InChI=1S/C13H24N4/c1-5-17(11(2)10-16(3)4)13-7-6-12(8-14)15-9-13/h6-7,9,11H,5,8,10,14H2,1-4H3. The SMILES string of the molecule is CCN(c1ccc(CN)nc1)C(C)CN(C)C. The zero-order valence-electron chi connectivity index (χ0n) is 11.3. The van der Waals surface area contributed by atoms with Crippen molar-refractivity contribution in [3.8, 4) is 0 Å². The van der Waals surface area contributed by atoms with Crippen LogP contribution in [0.15, 0.2) is 18.3 Å². The molecule has 0 aliphatic carbocycles. The van der Waals surface area contributed by atoms with E-state index < -0.39 is 0 Å². The third-order valence-corrected chi connectivity index (χ3v) is 2.85. The quantitative estimate of drug-likeness (QED) is 0.809. The van der Waals surface area contributed by atoms with Crippen molar-refractivity contribution in [3.05, 3.63) is 24.0 Å². The van der Waals surface area contributed by atoms with Crippen molar-refractivity contribution >= 4 is 5.69 Å². The lowest BCUT2D eigenvalue weighted by atomic mass is 10.2. The molecular formula is C13H24N4. The molecule has 4 heteroatoms. The summed E-state index contributed by atoms with van der Waals surface area (Å²) in [5.41, 5.74) is 7.65. The topological polar surface area (TPSA) is 45.4 Å². The van der Waals surface area contributed by atoms with Crippen LogP contribution in [-0.4, -0.2) is 43.1 Å². The predicted octanol–water partition coefficient (Wildman–Crippen LogP) is 1.32. The molecule has 4 nitrogen and oxygen atoms in total. The highest BCUT2D eigenvalue weighted by molar-refractivity contribution is 5.45. The minimum Gasteiger partial charge on any atom is -0.367 e. The van der Waals surface area contributed by atoms with Gasteiger partial charge in [-0.1, -0.05) is 0 Å². The van der Waals surface area contributed by atoms with Crippen LogP contribution in [0.4, 0.5) is 5.69 Å². The summed E-state index contributed by atoms with van der Waals surface area (Å²) in [6, 6.07) is 4.58. The molecule has 0 amide bonds. The Labute approximate surface area is 104 Å². The van der Waals surface area contributed by atoms with Crippen molar-refractivity contribution in [2.45, 2.75) is 26.4 Å². The monoisotopic (exact) mass is 236 g/mol. The minimum atomic E-state index is 0.473. The summed E-state index contributed by atoms with van der Waals surface area (Å²) in [7, 11) is 4.19. The van der Waals surface area contributed by atoms with Crippen LogP contribution >= 0.6 is 0 Å². The maximum absolute atomic E-state index is 5.55. The van der Waals surface area contributed by atoms with Gasteiger partial charge in [-0.3, -0.25) is 4.98 Å². The predicted molar refractivity (Wildman–Crippen MR) is 73.2 cm³/mol. The third-order valence-electron chi connectivity index (χ3n) is 2.85. The molecule has 1 aromatic rings. The Bertz CT molecular complexity index is 321. The van der Waals surface area contributed by atoms with E-state index in [1.807, 2.05) is 12.3 Å². The first-order valence-electron chi connectivity index (χ1n) is 6.14. The van der Waals surface area contributed by atoms with Crippen molar-refractivity contribution in [1.82, 2.24) is 9.88 Å². The summed E-state index contributed by atoms with van der Waals surface area (Å²) in [6.45, 7) is 6.92. The van der Waals surface area contributed by atoms with Gasteiger partial charge in [-0.05, 0) is 40.1 Å². The fraction of sp³-hybridized carbons (Fsp3) is 0.615. The molecule has 96 valence electrons. The molecular weight excluding hydrogens is 212 g/mol. The molecule has 17 heavy (non-hydrogen) atoms. The maximum atomic E-state index is 5.55. The highest BCUT2D eigenvalue weighted by Crippen LogP contribution is 2.16. The molecule has 0 radical (unpaired) electrons. The number of aromatic nitrogens is 1. The van der Waals surface area contributed by atoms with E-state index in [9.17, 15) is 0 Å². The third kappa shape index (κ3) is 3.98. The summed E-state index contributed by atoms with van der Waals surface area (Å²) in [5, 5.41) is 0. The number of pyridine rings is 1. The van der Waals surface area contributed by atoms with Gasteiger partial charge in [-0.2, -0.15) is 0 Å². The second kappa shape index (κ2) is 6.57. The van der Waals surface area contributed by atoms with Gasteiger partial charge in [-0.25, -0.2) is 0 Å². The van der Waals surface area contributed by atoms with E-state index in [0.29, 0.717) is 12.6 Å². The van der Waals surface area contributed by atoms with Gasteiger partial charge in [0.2, 0.25) is 0 Å². The van der Waals surface area contributed by atoms with Crippen LogP contribution in [0.25, 0.3) is 0 Å². The number of nitrogens with two attached hydrogens (primary N) is 1. The van der Waals surface area contributed by atoms with Crippen molar-refractivity contribution in [1.29, 1.82) is 0 Å². The number of hydrogen-bond acceptors (Lipinski definition) is 4. The van der Waals surface area contributed by atoms with E-state index in [2.05, 4.69) is 48.8 Å². The summed E-state index contributed by atoms with van der Waals surface area (Å²) in [5.74, 6) is 0. The highest BCUT2D eigenvalue weighted by Gasteiger charge is 2.13. The molecule has 0 aromatic carbocycles. The molecule has 0 bridgehead atoms. The molecule has 0 aliphatic heterocycles. The lowest BCUT2D eigenvalue weighted by Gasteiger charge is -2.31. The first kappa shape index (κ1) is 13.9. The Hall–Kier alpha value is -1.13. The Balaban J connectivity index is 2.77. The summed E-state index contributed by atoms with van der Waals surface area (Å²) in [4.78, 5) is 8.91. The van der Waals surface area contributed by atoms with Gasteiger partial charge < -0.3 is 15.5 Å². The molecule has 1 atom stereocenters. The molecule has 0 saturated heterocycles. The molecule has 1 unspecified atom stereocenters. The zero-order chi connectivity index (χ0) is 12.8. The summed E-state index contributed by atoms with van der Waals surface area (Å²) in [6.07, 6.45) is 1.91. The first-order valence-corrected chi connectivity index (χ1v) is 6.14. The first-order chi connectivity index (χ1) is 8.08. The average Bonchev–Trinajstić information content (AvgIpc) is 2.30. The molecule has 2 N–H and O–H groups in total. The van der Waals surface area contributed by atoms with Gasteiger partial charge in [0, 0.05) is 25.7 Å². The van der Waals surface area contributed by atoms with E-state index >= 15 is 0 Å². The van der Waals surface area contributed by atoms with E-state index in [4.69, 9.17) is 5.73 Å². The van der Waals surface area contributed by atoms with Crippen molar-refractivity contribution < 1.29 is 0 Å². The van der Waals surface area contributed by atoms with Crippen LogP contribution in [0.3, 0.4) is 0 Å².